The Kier molecular flexibility index (Phi) is 5.37. The number of esters is 1. The highest BCUT2D eigenvalue weighted by Crippen LogP contribution is 2.43. The van der Waals surface area contributed by atoms with Crippen LogP contribution >= 0.6 is 0 Å². The Labute approximate surface area is 169 Å². The Morgan fingerprint density at radius 3 is 2.17 bits per heavy atom. The van der Waals surface area contributed by atoms with Gasteiger partial charge in [0.1, 0.15) is 5.56 Å². The van der Waals surface area contributed by atoms with Gasteiger partial charge in [-0.05, 0) is 23.6 Å². The van der Waals surface area contributed by atoms with Gasteiger partial charge in [-0.3, -0.25) is 9.69 Å². The molecule has 0 aliphatic carbocycles. The van der Waals surface area contributed by atoms with E-state index in [1.807, 2.05) is 0 Å². The summed E-state index contributed by atoms with van der Waals surface area (Å²) in [5, 5.41) is 30.4. The number of aromatic hydroxyl groups is 1. The molecule has 0 saturated carbocycles. The standard InChI is InChI=1S/C21H15NO8/c1-30-21(29)14-10-11-6-2-3-7-12(11)16(17(14)23)22(18(24)20(27)28)15-9-5-4-8-13(15)19(25)26/h2-10,23H,1H3,(H,25,26)(H,27,28). The van der Waals surface area contributed by atoms with Gasteiger partial charge >= 0.3 is 23.8 Å². The number of carboxylic acid groups (broad SMARTS) is 2. The summed E-state index contributed by atoms with van der Waals surface area (Å²) < 4.78 is 4.66. The van der Waals surface area contributed by atoms with Crippen LogP contribution in [-0.4, -0.2) is 46.2 Å². The van der Waals surface area contributed by atoms with Crippen molar-refractivity contribution < 1.29 is 39.2 Å². The van der Waals surface area contributed by atoms with Crippen LogP contribution < -0.4 is 4.90 Å². The summed E-state index contributed by atoms with van der Waals surface area (Å²) >= 11 is 0. The fraction of sp³-hybridized carbons (Fsp3) is 0.0476. The smallest absolute Gasteiger partial charge is 0.395 e. The first-order chi connectivity index (χ1) is 14.3. The molecule has 0 atom stereocenters. The van der Waals surface area contributed by atoms with Crippen molar-refractivity contribution in [2.75, 3.05) is 12.0 Å². The maximum absolute atomic E-state index is 12.7. The molecule has 9 nitrogen and oxygen atoms in total. The molecule has 152 valence electrons. The molecule has 0 bridgehead atoms. The summed E-state index contributed by atoms with van der Waals surface area (Å²) in [4.78, 5) is 48.7. The molecule has 0 unspecified atom stereocenters. The van der Waals surface area contributed by atoms with Crippen molar-refractivity contribution in [1.82, 2.24) is 0 Å². The number of carbonyl (C=O) groups excluding carboxylic acids is 2. The van der Waals surface area contributed by atoms with Crippen LogP contribution in [0.15, 0.2) is 54.6 Å². The first-order valence-electron chi connectivity index (χ1n) is 8.50. The first-order valence-corrected chi connectivity index (χ1v) is 8.50. The second kappa shape index (κ2) is 7.92. The van der Waals surface area contributed by atoms with Crippen LogP contribution in [0.2, 0.25) is 0 Å². The maximum atomic E-state index is 12.7. The number of benzene rings is 3. The fourth-order valence-electron chi connectivity index (χ4n) is 3.09. The van der Waals surface area contributed by atoms with E-state index in [1.165, 1.54) is 36.4 Å². The number of carboxylic acids is 2. The molecule has 3 aromatic rings. The Bertz CT molecular complexity index is 1200. The number of carbonyl (C=O) groups is 4. The lowest BCUT2D eigenvalue weighted by Gasteiger charge is -2.25. The van der Waals surface area contributed by atoms with E-state index in [0.717, 1.165) is 7.11 Å². The van der Waals surface area contributed by atoms with Crippen LogP contribution in [0.25, 0.3) is 10.8 Å². The number of amides is 1. The van der Waals surface area contributed by atoms with Gasteiger partial charge < -0.3 is 20.1 Å². The molecule has 0 saturated heterocycles. The summed E-state index contributed by atoms with van der Waals surface area (Å²) in [5.74, 6) is -6.47. The Morgan fingerprint density at radius 1 is 0.900 bits per heavy atom. The number of phenolic OH excluding ortho intramolecular Hbond substituents is 1. The summed E-state index contributed by atoms with van der Waals surface area (Å²) in [6.07, 6.45) is 0. The van der Waals surface area contributed by atoms with Gasteiger partial charge in [0, 0.05) is 5.39 Å². The first kappa shape index (κ1) is 20.3. The van der Waals surface area contributed by atoms with Crippen molar-refractivity contribution in [1.29, 1.82) is 0 Å². The molecule has 0 heterocycles. The minimum atomic E-state index is -1.89. The Hall–Kier alpha value is -4.40. The number of methoxy groups -OCH3 is 1. The Balaban J connectivity index is 2.48. The molecule has 30 heavy (non-hydrogen) atoms. The molecule has 0 fully saturated rings. The van der Waals surface area contributed by atoms with E-state index >= 15 is 0 Å². The van der Waals surface area contributed by atoms with Crippen LogP contribution in [0, 0.1) is 0 Å². The number of phenols is 1. The molecule has 0 aliphatic heterocycles. The predicted octanol–water partition coefficient (Wildman–Crippen LogP) is 2.78. The fourth-order valence-corrected chi connectivity index (χ4v) is 3.09. The molecule has 9 heteroatoms. The molecule has 0 aromatic heterocycles. The molecule has 0 radical (unpaired) electrons. The average Bonchev–Trinajstić information content (AvgIpc) is 2.74. The zero-order valence-corrected chi connectivity index (χ0v) is 15.5. The van der Waals surface area contributed by atoms with Crippen LogP contribution in [0.5, 0.6) is 5.75 Å². The number of nitrogens with zero attached hydrogens (tertiary/aromatic N) is 1. The van der Waals surface area contributed by atoms with Crippen molar-refractivity contribution in [3.05, 3.63) is 65.7 Å². The number of ether oxygens (including phenoxy) is 1. The number of anilines is 2. The maximum Gasteiger partial charge on any atom is 0.395 e. The molecule has 0 aliphatic rings. The van der Waals surface area contributed by atoms with E-state index in [2.05, 4.69) is 4.74 Å². The topological polar surface area (TPSA) is 141 Å². The number of para-hydroxylation sites is 1. The van der Waals surface area contributed by atoms with Crippen LogP contribution in [0.3, 0.4) is 0 Å². The third-order valence-corrected chi connectivity index (χ3v) is 4.39. The zero-order valence-electron chi connectivity index (χ0n) is 15.5. The number of hydrogen-bond acceptors (Lipinski definition) is 6. The minimum Gasteiger partial charge on any atom is -0.505 e. The molecule has 3 rings (SSSR count). The van der Waals surface area contributed by atoms with Gasteiger partial charge in [-0.2, -0.15) is 0 Å². The highest BCUT2D eigenvalue weighted by molar-refractivity contribution is 6.40. The van der Waals surface area contributed by atoms with Crippen molar-refractivity contribution in [2.24, 2.45) is 0 Å². The summed E-state index contributed by atoms with van der Waals surface area (Å²) in [6.45, 7) is 0. The van der Waals surface area contributed by atoms with E-state index < -0.39 is 29.6 Å². The van der Waals surface area contributed by atoms with Crippen molar-refractivity contribution in [3.63, 3.8) is 0 Å². The van der Waals surface area contributed by atoms with Gasteiger partial charge in [-0.15, -0.1) is 0 Å². The monoisotopic (exact) mass is 409 g/mol. The van der Waals surface area contributed by atoms with E-state index in [9.17, 15) is 34.5 Å². The highest BCUT2D eigenvalue weighted by Gasteiger charge is 2.33. The normalized spacial score (nSPS) is 10.4. The zero-order chi connectivity index (χ0) is 22.0. The van der Waals surface area contributed by atoms with E-state index in [-0.39, 0.29) is 27.9 Å². The number of hydrogen-bond donors (Lipinski definition) is 3. The molecular formula is C21H15NO8. The molecule has 3 N–H and O–H groups in total. The summed E-state index contributed by atoms with van der Waals surface area (Å²) in [7, 11) is 1.09. The lowest BCUT2D eigenvalue weighted by molar-refractivity contribution is -0.148. The average molecular weight is 409 g/mol. The summed E-state index contributed by atoms with van der Waals surface area (Å²) in [6, 6.07) is 12.8. The van der Waals surface area contributed by atoms with Gasteiger partial charge in [0.25, 0.3) is 0 Å². The van der Waals surface area contributed by atoms with E-state index in [1.54, 1.807) is 18.2 Å². The number of fused-ring (bicyclic) bond motifs is 1. The van der Waals surface area contributed by atoms with Crippen molar-refractivity contribution in [2.45, 2.75) is 0 Å². The van der Waals surface area contributed by atoms with Gasteiger partial charge in [0.05, 0.1) is 24.0 Å². The molecular weight excluding hydrogens is 394 g/mol. The van der Waals surface area contributed by atoms with E-state index in [4.69, 9.17) is 0 Å². The second-order valence-electron chi connectivity index (χ2n) is 6.10. The van der Waals surface area contributed by atoms with Crippen LogP contribution in [-0.2, 0) is 14.3 Å². The third-order valence-electron chi connectivity index (χ3n) is 4.39. The predicted molar refractivity (Wildman–Crippen MR) is 105 cm³/mol. The van der Waals surface area contributed by atoms with Crippen molar-refractivity contribution in [3.8, 4) is 5.75 Å². The largest absolute Gasteiger partial charge is 0.505 e. The number of aromatic carboxylic acids is 1. The second-order valence-corrected chi connectivity index (χ2v) is 6.10. The SMILES string of the molecule is COC(=O)c1cc2ccccc2c(N(C(=O)C(=O)O)c2ccccc2C(=O)O)c1O. The molecule has 0 spiro atoms. The van der Waals surface area contributed by atoms with Gasteiger partial charge in [-0.25, -0.2) is 14.4 Å². The van der Waals surface area contributed by atoms with Gasteiger partial charge in [0.2, 0.25) is 0 Å². The van der Waals surface area contributed by atoms with Crippen molar-refractivity contribution >= 4 is 46.0 Å². The lowest BCUT2D eigenvalue weighted by Crippen LogP contribution is -2.34. The number of aliphatic carboxylic acids is 1. The van der Waals surface area contributed by atoms with Gasteiger partial charge in [0.15, 0.2) is 5.75 Å². The summed E-state index contributed by atoms with van der Waals surface area (Å²) in [5.41, 5.74) is -1.34. The van der Waals surface area contributed by atoms with Crippen LogP contribution in [0.1, 0.15) is 20.7 Å². The third kappa shape index (κ3) is 3.39. The molecule has 3 aromatic carbocycles. The van der Waals surface area contributed by atoms with Gasteiger partial charge in [-0.1, -0.05) is 36.4 Å². The lowest BCUT2D eigenvalue weighted by atomic mass is 10.0. The number of rotatable bonds is 4. The quantitative estimate of drug-likeness (QED) is 0.441. The minimum absolute atomic E-state index is 0.220. The molecule has 1 amide bonds. The Morgan fingerprint density at radius 2 is 1.53 bits per heavy atom. The van der Waals surface area contributed by atoms with Crippen LogP contribution in [0.4, 0.5) is 11.4 Å². The van der Waals surface area contributed by atoms with E-state index in [0.29, 0.717) is 10.3 Å². The highest BCUT2D eigenvalue weighted by atomic mass is 16.5.